The van der Waals surface area contributed by atoms with Crippen LogP contribution in [-0.2, 0) is 4.79 Å². The normalized spacial score (nSPS) is 19.1. The lowest BCUT2D eigenvalue weighted by atomic mass is 9.93. The van der Waals surface area contributed by atoms with E-state index in [-0.39, 0.29) is 41.7 Å². The zero-order valence-electron chi connectivity index (χ0n) is 15.6. The van der Waals surface area contributed by atoms with E-state index in [4.69, 9.17) is 14.3 Å². The van der Waals surface area contributed by atoms with Gasteiger partial charge in [0.25, 0.3) is 5.69 Å². The maximum Gasteiger partial charge on any atom is 0.373 e. The van der Waals surface area contributed by atoms with Crippen LogP contribution in [0.15, 0.2) is 41.0 Å². The highest BCUT2D eigenvalue weighted by Gasteiger charge is 2.38. The quantitative estimate of drug-likeness (QED) is 0.526. The van der Waals surface area contributed by atoms with Crippen LogP contribution in [0.2, 0.25) is 0 Å². The van der Waals surface area contributed by atoms with Crippen molar-refractivity contribution in [1.29, 1.82) is 0 Å². The standard InChI is InChI=1S/C19H19N3O7/c1-21-10-12(11-28-14-5-2-4-13(8-14)22(26)27)15(18(21)23)6-3-7-17-20-9-16(29-17)19(24)25/h2-5,7-9,12,15H,6,10-11H2,1H3,(H,24,25)/b7-3-/t12-,15-/m1/s1. The third-order valence-corrected chi connectivity index (χ3v) is 4.65. The molecule has 2 aromatic rings. The number of ether oxygens (including phenoxy) is 1. The Bertz CT molecular complexity index is 953. The van der Waals surface area contributed by atoms with E-state index in [0.29, 0.717) is 18.7 Å². The van der Waals surface area contributed by atoms with Gasteiger partial charge in [0.2, 0.25) is 17.6 Å². The predicted molar refractivity (Wildman–Crippen MR) is 100 cm³/mol. The number of allylic oxidation sites excluding steroid dienone is 1. The number of nitro groups is 1. The Morgan fingerprint density at radius 1 is 1.52 bits per heavy atom. The number of likely N-dealkylation sites (tertiary alicyclic amines) is 1. The van der Waals surface area contributed by atoms with Crippen LogP contribution in [0.25, 0.3) is 6.08 Å². The average Bonchev–Trinajstić information content (AvgIpc) is 3.27. The number of aromatic nitrogens is 1. The fourth-order valence-electron chi connectivity index (χ4n) is 3.18. The average molecular weight is 401 g/mol. The topological polar surface area (TPSA) is 136 Å². The Labute approximate surface area is 165 Å². The Morgan fingerprint density at radius 3 is 3.00 bits per heavy atom. The number of rotatable bonds is 8. The van der Waals surface area contributed by atoms with Crippen LogP contribution >= 0.6 is 0 Å². The van der Waals surface area contributed by atoms with Crippen LogP contribution < -0.4 is 4.74 Å². The predicted octanol–water partition coefficient (Wildman–Crippen LogP) is 2.47. The second-order valence-corrected chi connectivity index (χ2v) is 6.66. The van der Waals surface area contributed by atoms with Crippen LogP contribution in [0.4, 0.5) is 5.69 Å². The number of carboxylic acids is 1. The molecule has 1 aromatic carbocycles. The molecule has 10 nitrogen and oxygen atoms in total. The van der Waals surface area contributed by atoms with Crippen LogP contribution in [0.5, 0.6) is 5.75 Å². The minimum absolute atomic E-state index is 0.0269. The lowest BCUT2D eigenvalue weighted by Crippen LogP contribution is -2.22. The number of carbonyl (C=O) groups is 2. The second kappa shape index (κ2) is 8.55. The number of aromatic carboxylic acids is 1. The summed E-state index contributed by atoms with van der Waals surface area (Å²) in [4.78, 5) is 39.1. The molecule has 1 aliphatic rings. The number of nitro benzene ring substituents is 1. The van der Waals surface area contributed by atoms with E-state index in [9.17, 15) is 19.7 Å². The molecule has 1 aliphatic heterocycles. The first-order chi connectivity index (χ1) is 13.8. The van der Waals surface area contributed by atoms with Gasteiger partial charge >= 0.3 is 5.97 Å². The van der Waals surface area contributed by atoms with Crippen molar-refractivity contribution in [3.05, 3.63) is 58.3 Å². The SMILES string of the molecule is CN1C[C@H](COc2cccc([N+](=O)[O-])c2)[C@@H](C/C=C\c2ncc(C(=O)O)o2)C1=O. The largest absolute Gasteiger partial charge is 0.493 e. The molecule has 10 heteroatoms. The molecule has 0 radical (unpaired) electrons. The lowest BCUT2D eigenvalue weighted by Gasteiger charge is -2.16. The molecule has 152 valence electrons. The van der Waals surface area contributed by atoms with Crippen LogP contribution in [0.3, 0.4) is 0 Å². The monoisotopic (exact) mass is 401 g/mol. The van der Waals surface area contributed by atoms with Crippen molar-refractivity contribution in [1.82, 2.24) is 9.88 Å². The van der Waals surface area contributed by atoms with Gasteiger partial charge in [-0.05, 0) is 18.6 Å². The van der Waals surface area contributed by atoms with Gasteiger partial charge in [0, 0.05) is 31.5 Å². The first-order valence-electron chi connectivity index (χ1n) is 8.83. The van der Waals surface area contributed by atoms with Crippen molar-refractivity contribution < 1.29 is 28.8 Å². The number of hydrogen-bond donors (Lipinski definition) is 1. The zero-order valence-corrected chi connectivity index (χ0v) is 15.6. The number of non-ortho nitro benzene ring substituents is 1. The molecule has 29 heavy (non-hydrogen) atoms. The highest BCUT2D eigenvalue weighted by molar-refractivity contribution is 5.84. The van der Waals surface area contributed by atoms with Gasteiger partial charge in [-0.25, -0.2) is 9.78 Å². The number of carbonyl (C=O) groups excluding carboxylic acids is 1. The van der Waals surface area contributed by atoms with Crippen molar-refractivity contribution in [2.45, 2.75) is 6.42 Å². The van der Waals surface area contributed by atoms with Gasteiger partial charge in [0.1, 0.15) is 5.75 Å². The Kier molecular flexibility index (Phi) is 5.91. The molecule has 3 rings (SSSR count). The summed E-state index contributed by atoms with van der Waals surface area (Å²) in [6, 6.07) is 5.90. The van der Waals surface area contributed by atoms with E-state index < -0.39 is 10.9 Å². The van der Waals surface area contributed by atoms with Crippen molar-refractivity contribution in [2.24, 2.45) is 11.8 Å². The number of benzene rings is 1. The maximum absolute atomic E-state index is 12.4. The number of hydrogen-bond acceptors (Lipinski definition) is 7. The number of carboxylic acid groups (broad SMARTS) is 1. The summed E-state index contributed by atoms with van der Waals surface area (Å²) in [7, 11) is 1.71. The van der Waals surface area contributed by atoms with Crippen LogP contribution in [0.1, 0.15) is 22.9 Å². The number of oxazole rings is 1. The third kappa shape index (κ3) is 4.78. The minimum atomic E-state index is -1.21. The summed E-state index contributed by atoms with van der Waals surface area (Å²) in [5.41, 5.74) is -0.0618. The van der Waals surface area contributed by atoms with Crippen molar-refractivity contribution in [2.75, 3.05) is 20.2 Å². The lowest BCUT2D eigenvalue weighted by molar-refractivity contribution is -0.384. The summed E-state index contributed by atoms with van der Waals surface area (Å²) < 4.78 is 10.7. The summed E-state index contributed by atoms with van der Waals surface area (Å²) in [6.07, 6.45) is 4.75. The van der Waals surface area contributed by atoms with Crippen molar-refractivity contribution in [3.63, 3.8) is 0 Å². The van der Waals surface area contributed by atoms with Crippen molar-refractivity contribution in [3.8, 4) is 5.75 Å². The van der Waals surface area contributed by atoms with Gasteiger partial charge in [0.15, 0.2) is 0 Å². The number of amides is 1. The first kappa shape index (κ1) is 20.1. The van der Waals surface area contributed by atoms with E-state index >= 15 is 0 Å². The van der Waals surface area contributed by atoms with E-state index in [1.807, 2.05) is 0 Å². The van der Waals surface area contributed by atoms with E-state index in [1.54, 1.807) is 30.2 Å². The maximum atomic E-state index is 12.4. The molecule has 2 heterocycles. The molecule has 0 bridgehead atoms. The first-order valence-corrected chi connectivity index (χ1v) is 8.83. The molecular formula is C19H19N3O7. The molecule has 0 aliphatic carbocycles. The van der Waals surface area contributed by atoms with Crippen LogP contribution in [0, 0.1) is 22.0 Å². The van der Waals surface area contributed by atoms with Crippen LogP contribution in [-0.4, -0.2) is 52.0 Å². The highest BCUT2D eigenvalue weighted by atomic mass is 16.6. The van der Waals surface area contributed by atoms with Gasteiger partial charge in [-0.2, -0.15) is 0 Å². The van der Waals surface area contributed by atoms with Gasteiger partial charge < -0.3 is 19.2 Å². The fraction of sp³-hybridized carbons (Fsp3) is 0.316. The van der Waals surface area contributed by atoms with Crippen molar-refractivity contribution >= 4 is 23.6 Å². The molecule has 0 saturated carbocycles. The smallest absolute Gasteiger partial charge is 0.373 e. The fourth-order valence-corrected chi connectivity index (χ4v) is 3.18. The minimum Gasteiger partial charge on any atom is -0.493 e. The second-order valence-electron chi connectivity index (χ2n) is 6.66. The Balaban J connectivity index is 1.62. The Morgan fingerprint density at radius 2 is 2.31 bits per heavy atom. The van der Waals surface area contributed by atoms with E-state index in [0.717, 1.165) is 6.20 Å². The van der Waals surface area contributed by atoms with Gasteiger partial charge in [-0.1, -0.05) is 12.1 Å². The molecule has 2 atom stereocenters. The van der Waals surface area contributed by atoms with Gasteiger partial charge in [-0.15, -0.1) is 0 Å². The molecule has 1 fully saturated rings. The molecule has 1 aromatic heterocycles. The molecule has 1 N–H and O–H groups in total. The van der Waals surface area contributed by atoms with Gasteiger partial charge in [-0.3, -0.25) is 14.9 Å². The van der Waals surface area contributed by atoms with E-state index in [2.05, 4.69) is 4.98 Å². The van der Waals surface area contributed by atoms with Gasteiger partial charge in [0.05, 0.1) is 23.8 Å². The third-order valence-electron chi connectivity index (χ3n) is 4.65. The summed E-state index contributed by atoms with van der Waals surface area (Å²) >= 11 is 0. The Hall–Kier alpha value is -3.69. The molecule has 1 amide bonds. The van der Waals surface area contributed by atoms with E-state index in [1.165, 1.54) is 18.2 Å². The number of nitrogens with zero attached hydrogens (tertiary/aromatic N) is 3. The molecule has 0 spiro atoms. The summed E-state index contributed by atoms with van der Waals surface area (Å²) in [6.45, 7) is 0.742. The highest BCUT2D eigenvalue weighted by Crippen LogP contribution is 2.29. The summed E-state index contributed by atoms with van der Waals surface area (Å²) in [5, 5.41) is 19.7. The summed E-state index contributed by atoms with van der Waals surface area (Å²) in [5.74, 6) is -1.41. The molecular weight excluding hydrogens is 382 g/mol. The molecule has 1 saturated heterocycles. The zero-order chi connectivity index (χ0) is 21.0. The molecule has 0 unspecified atom stereocenters.